The summed E-state index contributed by atoms with van der Waals surface area (Å²) in [5, 5.41) is 0. The molecular formula is C20H15F2N3O2. The number of ketones is 1. The van der Waals surface area contributed by atoms with Gasteiger partial charge in [-0.25, -0.2) is 18.7 Å². The van der Waals surface area contributed by atoms with Crippen LogP contribution in [0.15, 0.2) is 54.9 Å². The van der Waals surface area contributed by atoms with Gasteiger partial charge in [-0.1, -0.05) is 12.1 Å². The Bertz CT molecular complexity index is 987. The molecule has 0 spiro atoms. The van der Waals surface area contributed by atoms with Crippen molar-refractivity contribution in [2.45, 2.75) is 12.8 Å². The second kappa shape index (κ2) is 7.82. The zero-order valence-corrected chi connectivity index (χ0v) is 14.2. The van der Waals surface area contributed by atoms with Crippen molar-refractivity contribution in [1.82, 2.24) is 9.97 Å². The van der Waals surface area contributed by atoms with Gasteiger partial charge in [-0.3, -0.25) is 9.59 Å². The van der Waals surface area contributed by atoms with E-state index in [2.05, 4.69) is 9.97 Å². The van der Waals surface area contributed by atoms with Gasteiger partial charge in [0.05, 0.1) is 5.56 Å². The van der Waals surface area contributed by atoms with Crippen LogP contribution >= 0.6 is 0 Å². The van der Waals surface area contributed by atoms with Gasteiger partial charge < -0.3 is 5.73 Å². The van der Waals surface area contributed by atoms with Gasteiger partial charge in [0.25, 0.3) is 0 Å². The average Bonchev–Trinajstić information content (AvgIpc) is 2.68. The minimum Gasteiger partial charge on any atom is -0.366 e. The summed E-state index contributed by atoms with van der Waals surface area (Å²) in [5.41, 5.74) is 6.85. The molecule has 3 rings (SSSR count). The van der Waals surface area contributed by atoms with Crippen LogP contribution in [0, 0.1) is 11.6 Å². The molecule has 0 atom stereocenters. The fourth-order valence-electron chi connectivity index (χ4n) is 2.50. The van der Waals surface area contributed by atoms with Gasteiger partial charge in [-0.15, -0.1) is 0 Å². The highest BCUT2D eigenvalue weighted by atomic mass is 19.2. The van der Waals surface area contributed by atoms with E-state index >= 15 is 0 Å². The van der Waals surface area contributed by atoms with E-state index < -0.39 is 23.3 Å². The molecule has 0 saturated carbocycles. The highest BCUT2D eigenvalue weighted by molar-refractivity contribution is 6.08. The van der Waals surface area contributed by atoms with E-state index in [0.717, 1.165) is 17.7 Å². The smallest absolute Gasteiger partial charge is 0.248 e. The molecular weight excluding hydrogens is 352 g/mol. The van der Waals surface area contributed by atoms with Crippen LogP contribution < -0.4 is 5.73 Å². The number of aromatic nitrogens is 2. The lowest BCUT2D eigenvalue weighted by Crippen LogP contribution is -2.10. The van der Waals surface area contributed by atoms with Crippen LogP contribution in [0.3, 0.4) is 0 Å². The summed E-state index contributed by atoms with van der Waals surface area (Å²) in [5.74, 6) is -2.52. The number of hydrogen-bond acceptors (Lipinski definition) is 4. The molecule has 136 valence electrons. The van der Waals surface area contributed by atoms with Crippen LogP contribution in [0.1, 0.15) is 37.7 Å². The molecule has 0 radical (unpaired) electrons. The fourth-order valence-corrected chi connectivity index (χ4v) is 2.50. The summed E-state index contributed by atoms with van der Waals surface area (Å²) in [6.45, 7) is 0. The Morgan fingerprint density at radius 2 is 1.44 bits per heavy atom. The maximum absolute atomic E-state index is 13.3. The van der Waals surface area contributed by atoms with Crippen LogP contribution in [0.2, 0.25) is 0 Å². The Morgan fingerprint density at radius 1 is 0.815 bits per heavy atom. The molecule has 0 saturated heterocycles. The lowest BCUT2D eigenvalue weighted by Gasteiger charge is -2.04. The summed E-state index contributed by atoms with van der Waals surface area (Å²) in [6.07, 6.45) is 3.91. The molecule has 7 heteroatoms. The topological polar surface area (TPSA) is 85.9 Å². The third kappa shape index (κ3) is 4.38. The number of rotatable bonds is 6. The predicted octanol–water partition coefficient (Wildman–Crippen LogP) is 2.87. The van der Waals surface area contributed by atoms with Crippen molar-refractivity contribution < 1.29 is 18.4 Å². The van der Waals surface area contributed by atoms with E-state index in [4.69, 9.17) is 5.73 Å². The number of nitrogens with zero attached hydrogens (tertiary/aromatic N) is 2. The lowest BCUT2D eigenvalue weighted by atomic mass is 10.1. The molecule has 1 heterocycles. The van der Waals surface area contributed by atoms with E-state index in [1.165, 1.54) is 18.5 Å². The van der Waals surface area contributed by atoms with Gasteiger partial charge in [0.15, 0.2) is 17.4 Å². The second-order valence-electron chi connectivity index (χ2n) is 5.91. The molecule has 2 N–H and O–H groups in total. The van der Waals surface area contributed by atoms with Crippen LogP contribution in [0.25, 0.3) is 0 Å². The monoisotopic (exact) mass is 367 g/mol. The number of primary amides is 1. The van der Waals surface area contributed by atoms with Gasteiger partial charge in [-0.2, -0.15) is 0 Å². The predicted molar refractivity (Wildman–Crippen MR) is 94.2 cm³/mol. The minimum atomic E-state index is -1.08. The molecule has 1 amide bonds. The first-order chi connectivity index (χ1) is 12.9. The molecule has 0 aliphatic carbocycles. The molecule has 5 nitrogen and oxygen atoms in total. The Hall–Kier alpha value is -3.48. The maximum Gasteiger partial charge on any atom is 0.248 e. The summed E-state index contributed by atoms with van der Waals surface area (Å²) < 4.78 is 26.2. The number of benzene rings is 2. The molecule has 0 unspecified atom stereocenters. The molecule has 27 heavy (non-hydrogen) atoms. The van der Waals surface area contributed by atoms with Crippen molar-refractivity contribution in [2.75, 3.05) is 0 Å². The highest BCUT2D eigenvalue weighted by Gasteiger charge is 2.13. The molecule has 0 aliphatic rings. The first-order valence-corrected chi connectivity index (χ1v) is 8.13. The van der Waals surface area contributed by atoms with Crippen LogP contribution in [0.4, 0.5) is 8.78 Å². The van der Waals surface area contributed by atoms with Gasteiger partial charge >= 0.3 is 0 Å². The Morgan fingerprint density at radius 3 is 2.04 bits per heavy atom. The number of amides is 1. The van der Waals surface area contributed by atoms with Crippen LogP contribution in [0.5, 0.6) is 0 Å². The summed E-state index contributed by atoms with van der Waals surface area (Å²) in [7, 11) is 0. The molecule has 0 fully saturated rings. The fraction of sp³-hybridized carbons (Fsp3) is 0.100. The normalized spacial score (nSPS) is 10.6. The molecule has 3 aromatic rings. The van der Waals surface area contributed by atoms with Crippen molar-refractivity contribution in [1.29, 1.82) is 0 Å². The standard InChI is InChI=1S/C20H15F2N3O2/c21-16-7-6-14(9-17(16)22)19(26)15-10-24-18(25-11-15)8-3-12-1-4-13(5-2-12)20(23)27/h1-2,4-7,9-11H,3,8H2,(H2,23,27). The van der Waals surface area contributed by atoms with Crippen molar-refractivity contribution in [3.8, 4) is 0 Å². The van der Waals surface area contributed by atoms with Gasteiger partial charge in [0.1, 0.15) is 5.82 Å². The zero-order chi connectivity index (χ0) is 19.4. The maximum atomic E-state index is 13.3. The number of aryl methyl sites for hydroxylation is 2. The van der Waals surface area contributed by atoms with Gasteiger partial charge in [-0.05, 0) is 42.3 Å². The SMILES string of the molecule is NC(=O)c1ccc(CCc2ncc(C(=O)c3ccc(F)c(F)c3)cn2)cc1. The largest absolute Gasteiger partial charge is 0.366 e. The summed E-state index contributed by atoms with van der Waals surface area (Å²) >= 11 is 0. The van der Waals surface area contributed by atoms with E-state index in [9.17, 15) is 18.4 Å². The molecule has 0 aliphatic heterocycles. The minimum absolute atomic E-state index is 0.0276. The van der Waals surface area contributed by atoms with E-state index in [-0.39, 0.29) is 11.1 Å². The quantitative estimate of drug-likeness (QED) is 0.679. The Labute approximate surface area is 153 Å². The van der Waals surface area contributed by atoms with E-state index in [0.29, 0.717) is 24.2 Å². The van der Waals surface area contributed by atoms with Crippen molar-refractivity contribution in [3.05, 3.63) is 94.6 Å². The number of hydrogen-bond donors (Lipinski definition) is 1. The third-order valence-corrected chi connectivity index (χ3v) is 4.03. The van der Waals surface area contributed by atoms with Gasteiger partial charge in [0.2, 0.25) is 5.91 Å². The summed E-state index contributed by atoms with van der Waals surface area (Å²) in [6, 6.07) is 9.89. The summed E-state index contributed by atoms with van der Waals surface area (Å²) in [4.78, 5) is 31.6. The number of carbonyl (C=O) groups is 2. The first kappa shape index (κ1) is 18.3. The first-order valence-electron chi connectivity index (χ1n) is 8.13. The Balaban J connectivity index is 1.65. The lowest BCUT2D eigenvalue weighted by molar-refractivity contribution is 0.0998. The second-order valence-corrected chi connectivity index (χ2v) is 5.91. The van der Waals surface area contributed by atoms with E-state index in [1.54, 1.807) is 24.3 Å². The van der Waals surface area contributed by atoms with E-state index in [1.807, 2.05) is 0 Å². The highest BCUT2D eigenvalue weighted by Crippen LogP contribution is 2.13. The number of halogens is 2. The van der Waals surface area contributed by atoms with Crippen molar-refractivity contribution in [3.63, 3.8) is 0 Å². The van der Waals surface area contributed by atoms with Crippen LogP contribution in [-0.4, -0.2) is 21.7 Å². The average molecular weight is 367 g/mol. The zero-order valence-electron chi connectivity index (χ0n) is 14.2. The molecule has 0 bridgehead atoms. The molecule has 2 aromatic carbocycles. The van der Waals surface area contributed by atoms with Crippen molar-refractivity contribution in [2.24, 2.45) is 5.73 Å². The number of carbonyl (C=O) groups excluding carboxylic acids is 2. The molecule has 1 aromatic heterocycles. The van der Waals surface area contributed by atoms with Crippen molar-refractivity contribution >= 4 is 11.7 Å². The number of nitrogens with two attached hydrogens (primary N) is 1. The van der Waals surface area contributed by atoms with Gasteiger partial charge in [0, 0.05) is 29.9 Å². The Kier molecular flexibility index (Phi) is 5.30. The van der Waals surface area contributed by atoms with Crippen LogP contribution in [-0.2, 0) is 12.8 Å². The third-order valence-electron chi connectivity index (χ3n) is 4.03.